The zero-order chi connectivity index (χ0) is 23.4. The first-order chi connectivity index (χ1) is 15.8. The van der Waals surface area contributed by atoms with E-state index in [0.29, 0.717) is 6.54 Å². The summed E-state index contributed by atoms with van der Waals surface area (Å²) < 4.78 is 15.5. The van der Waals surface area contributed by atoms with Crippen LogP contribution in [0, 0.1) is 5.82 Å². The van der Waals surface area contributed by atoms with Gasteiger partial charge >= 0.3 is 0 Å². The van der Waals surface area contributed by atoms with Crippen molar-refractivity contribution in [3.05, 3.63) is 97.7 Å². The number of fused-ring (bicyclic) bond motifs is 5. The molecule has 2 aliphatic heterocycles. The van der Waals surface area contributed by atoms with Crippen LogP contribution >= 0.6 is 11.6 Å². The maximum atomic E-state index is 14.1. The molecule has 0 saturated carbocycles. The Morgan fingerprint density at radius 1 is 1.21 bits per heavy atom. The van der Waals surface area contributed by atoms with Gasteiger partial charge in [0.15, 0.2) is 11.4 Å². The monoisotopic (exact) mass is 468 g/mol. The second-order valence-electron chi connectivity index (χ2n) is 7.90. The van der Waals surface area contributed by atoms with Gasteiger partial charge in [-0.25, -0.2) is 4.39 Å². The van der Waals surface area contributed by atoms with E-state index < -0.39 is 35.0 Å². The van der Waals surface area contributed by atoms with Crippen molar-refractivity contribution < 1.29 is 19.1 Å². The first-order valence-corrected chi connectivity index (χ1v) is 10.5. The third-order valence-electron chi connectivity index (χ3n) is 5.99. The van der Waals surface area contributed by atoms with Crippen LogP contribution in [0.15, 0.2) is 53.5 Å². The third-order valence-corrected chi connectivity index (χ3v) is 6.29. The summed E-state index contributed by atoms with van der Waals surface area (Å²) in [6.45, 7) is 0.190. The fraction of sp³-hybridized carbons (Fsp3) is 0.174. The smallest absolute Gasteiger partial charge is 0.278 e. The molecule has 33 heavy (non-hydrogen) atoms. The Bertz CT molecular complexity index is 1390. The molecule has 3 heterocycles. The summed E-state index contributed by atoms with van der Waals surface area (Å²) in [7, 11) is 1.59. The van der Waals surface area contributed by atoms with Gasteiger partial charge in [-0.15, -0.1) is 0 Å². The Kier molecular flexibility index (Phi) is 4.86. The zero-order valence-electron chi connectivity index (χ0n) is 17.4. The van der Waals surface area contributed by atoms with E-state index in [0.717, 1.165) is 11.1 Å². The molecule has 0 bridgehead atoms. The number of amides is 2. The van der Waals surface area contributed by atoms with E-state index in [1.807, 2.05) is 24.3 Å². The van der Waals surface area contributed by atoms with Gasteiger partial charge in [0, 0.05) is 30.9 Å². The number of halogens is 2. The second-order valence-corrected chi connectivity index (χ2v) is 8.30. The molecule has 1 atom stereocenters. The topological polar surface area (TPSA) is 94.9 Å². The molecule has 2 aliphatic rings. The second kappa shape index (κ2) is 7.63. The van der Waals surface area contributed by atoms with Crippen molar-refractivity contribution in [2.45, 2.75) is 19.3 Å². The van der Waals surface area contributed by atoms with Gasteiger partial charge < -0.3 is 15.3 Å². The van der Waals surface area contributed by atoms with Crippen molar-refractivity contribution in [3.8, 4) is 5.75 Å². The molecule has 0 aliphatic carbocycles. The summed E-state index contributed by atoms with van der Waals surface area (Å²) in [5.41, 5.74) is 0.470. The lowest BCUT2D eigenvalue weighted by Crippen LogP contribution is -2.52. The molecule has 5 rings (SSSR count). The van der Waals surface area contributed by atoms with Crippen molar-refractivity contribution in [1.82, 2.24) is 14.9 Å². The van der Waals surface area contributed by atoms with Crippen molar-refractivity contribution in [2.24, 2.45) is 0 Å². The van der Waals surface area contributed by atoms with Crippen LogP contribution in [0.2, 0.25) is 5.02 Å². The Balaban J connectivity index is 1.53. The summed E-state index contributed by atoms with van der Waals surface area (Å²) in [6, 6.07) is 12.0. The van der Waals surface area contributed by atoms with Crippen molar-refractivity contribution in [3.63, 3.8) is 0 Å². The van der Waals surface area contributed by atoms with Crippen LogP contribution in [-0.2, 0) is 13.1 Å². The van der Waals surface area contributed by atoms with Gasteiger partial charge in [0.1, 0.15) is 17.5 Å². The molecule has 2 aromatic carbocycles. The average molecular weight is 469 g/mol. The zero-order valence-corrected chi connectivity index (χ0v) is 18.1. The van der Waals surface area contributed by atoms with E-state index >= 15 is 0 Å². The van der Waals surface area contributed by atoms with Crippen LogP contribution in [0.4, 0.5) is 4.39 Å². The van der Waals surface area contributed by atoms with E-state index in [4.69, 9.17) is 11.6 Å². The minimum atomic E-state index is -0.984. The van der Waals surface area contributed by atoms with Gasteiger partial charge in [-0.05, 0) is 11.6 Å². The number of pyridine rings is 1. The molecule has 0 fully saturated rings. The Morgan fingerprint density at radius 3 is 2.76 bits per heavy atom. The van der Waals surface area contributed by atoms with E-state index in [-0.39, 0.29) is 28.4 Å². The van der Waals surface area contributed by atoms with Gasteiger partial charge in [0.05, 0.1) is 11.6 Å². The Morgan fingerprint density at radius 2 is 1.97 bits per heavy atom. The quantitative estimate of drug-likeness (QED) is 0.616. The standard InChI is InChI=1S/C23H18ClFN4O4/c1-27-22-14-7-3-2-5-13(14)10-29(22)28-11-15(19(30)20(31)18(28)23(27)33)21(32)26-9-12-6-4-8-16(24)17(12)25/h2-8,11,22,31H,9-10H2,1H3,(H,26,32)/t22-/m0/s1. The summed E-state index contributed by atoms with van der Waals surface area (Å²) in [5.74, 6) is -2.85. The molecule has 1 aromatic heterocycles. The largest absolute Gasteiger partial charge is 0.502 e. The molecule has 0 radical (unpaired) electrons. The lowest BCUT2D eigenvalue weighted by atomic mass is 10.1. The predicted molar refractivity (Wildman–Crippen MR) is 118 cm³/mol. The molecule has 2 amide bonds. The highest BCUT2D eigenvalue weighted by atomic mass is 35.5. The number of benzene rings is 2. The first-order valence-electron chi connectivity index (χ1n) is 10.1. The number of hydrogen-bond donors (Lipinski definition) is 2. The molecular formula is C23H18ClFN4O4. The molecule has 10 heteroatoms. The van der Waals surface area contributed by atoms with Crippen molar-refractivity contribution in [2.75, 3.05) is 12.1 Å². The summed E-state index contributed by atoms with van der Waals surface area (Å²) in [4.78, 5) is 40.1. The van der Waals surface area contributed by atoms with Crippen LogP contribution in [0.3, 0.4) is 0 Å². The third kappa shape index (κ3) is 3.15. The maximum Gasteiger partial charge on any atom is 0.278 e. The molecule has 0 unspecified atom stereocenters. The van der Waals surface area contributed by atoms with E-state index in [2.05, 4.69) is 5.32 Å². The number of rotatable bonds is 3. The Labute approximate surface area is 192 Å². The maximum absolute atomic E-state index is 14.1. The van der Waals surface area contributed by atoms with E-state index in [9.17, 15) is 23.9 Å². The highest BCUT2D eigenvalue weighted by Crippen LogP contribution is 2.39. The molecule has 3 aromatic rings. The number of aromatic nitrogens is 1. The van der Waals surface area contributed by atoms with Crippen LogP contribution < -0.4 is 15.8 Å². The first kappa shape index (κ1) is 21.0. The molecule has 8 nitrogen and oxygen atoms in total. The Hall–Kier alpha value is -3.85. The normalized spacial score (nSPS) is 16.3. The van der Waals surface area contributed by atoms with Crippen LogP contribution in [0.25, 0.3) is 0 Å². The van der Waals surface area contributed by atoms with Crippen molar-refractivity contribution in [1.29, 1.82) is 0 Å². The number of hydrogen-bond acceptors (Lipinski definition) is 5. The van der Waals surface area contributed by atoms with Gasteiger partial charge in [-0.2, -0.15) is 0 Å². The van der Waals surface area contributed by atoms with Crippen LogP contribution in [0.1, 0.15) is 43.7 Å². The average Bonchev–Trinajstić information content (AvgIpc) is 3.20. The van der Waals surface area contributed by atoms with Gasteiger partial charge in [0.25, 0.3) is 11.8 Å². The number of carbonyl (C=O) groups excluding carboxylic acids is 2. The molecule has 0 spiro atoms. The van der Waals surface area contributed by atoms with Gasteiger partial charge in [-0.1, -0.05) is 48.0 Å². The number of carbonyl (C=O) groups is 2. The fourth-order valence-corrected chi connectivity index (χ4v) is 4.53. The van der Waals surface area contributed by atoms with Crippen LogP contribution in [0.5, 0.6) is 5.75 Å². The predicted octanol–water partition coefficient (Wildman–Crippen LogP) is 2.51. The van der Waals surface area contributed by atoms with E-state index in [1.165, 1.54) is 27.9 Å². The molecular weight excluding hydrogens is 451 g/mol. The highest BCUT2D eigenvalue weighted by Gasteiger charge is 2.43. The number of aromatic hydroxyl groups is 1. The number of nitrogens with one attached hydrogen (secondary N) is 1. The summed E-state index contributed by atoms with van der Waals surface area (Å²) in [6.07, 6.45) is 0.782. The molecule has 168 valence electrons. The van der Waals surface area contributed by atoms with Gasteiger partial charge in [0.2, 0.25) is 5.43 Å². The summed E-state index contributed by atoms with van der Waals surface area (Å²) in [5, 5.41) is 14.8. The molecule has 0 saturated heterocycles. The lowest BCUT2D eigenvalue weighted by molar-refractivity contribution is 0.0640. The SMILES string of the molecule is CN1C(=O)c2c(O)c(=O)c(C(=O)NCc3cccc(Cl)c3F)cn2N2Cc3ccccc3[C@@H]12. The van der Waals surface area contributed by atoms with Gasteiger partial charge in [-0.3, -0.25) is 24.1 Å². The van der Waals surface area contributed by atoms with Crippen LogP contribution in [-0.4, -0.2) is 33.5 Å². The number of nitrogens with zero attached hydrogens (tertiary/aromatic N) is 3. The van der Waals surface area contributed by atoms with Crippen molar-refractivity contribution >= 4 is 23.4 Å². The fourth-order valence-electron chi connectivity index (χ4n) is 4.34. The minimum Gasteiger partial charge on any atom is -0.502 e. The molecule has 2 N–H and O–H groups in total. The minimum absolute atomic E-state index is 0.0875. The van der Waals surface area contributed by atoms with E-state index in [1.54, 1.807) is 18.1 Å². The highest BCUT2D eigenvalue weighted by molar-refractivity contribution is 6.30. The summed E-state index contributed by atoms with van der Waals surface area (Å²) >= 11 is 5.77. The lowest BCUT2D eigenvalue weighted by Gasteiger charge is -2.41.